The second-order valence-corrected chi connectivity index (χ2v) is 8.30. The molecule has 5 heteroatoms. The van der Waals surface area contributed by atoms with Crippen molar-refractivity contribution in [2.45, 2.75) is 33.1 Å². The van der Waals surface area contributed by atoms with E-state index in [0.29, 0.717) is 24.6 Å². The highest BCUT2D eigenvalue weighted by Crippen LogP contribution is 2.25. The van der Waals surface area contributed by atoms with Crippen molar-refractivity contribution in [1.29, 1.82) is 0 Å². The Morgan fingerprint density at radius 1 is 1.14 bits per heavy atom. The maximum atomic E-state index is 13.1. The van der Waals surface area contributed by atoms with Gasteiger partial charge in [-0.1, -0.05) is 55.4 Å². The number of hydrogen-bond donors (Lipinski definition) is 0. The summed E-state index contributed by atoms with van der Waals surface area (Å²) < 4.78 is 5.28. The van der Waals surface area contributed by atoms with Crippen molar-refractivity contribution in [2.24, 2.45) is 11.8 Å². The van der Waals surface area contributed by atoms with E-state index in [0.717, 1.165) is 35.7 Å². The van der Waals surface area contributed by atoms with E-state index in [-0.39, 0.29) is 23.4 Å². The van der Waals surface area contributed by atoms with Crippen molar-refractivity contribution in [3.8, 4) is 0 Å². The summed E-state index contributed by atoms with van der Waals surface area (Å²) in [5.41, 5.74) is 1.51. The van der Waals surface area contributed by atoms with Crippen LogP contribution in [-0.2, 0) is 6.42 Å². The third-order valence-corrected chi connectivity index (χ3v) is 5.50. The van der Waals surface area contributed by atoms with Gasteiger partial charge >= 0.3 is 0 Å². The Kier molecular flexibility index (Phi) is 5.47. The first kappa shape index (κ1) is 19.4. The van der Waals surface area contributed by atoms with Gasteiger partial charge in [-0.05, 0) is 42.0 Å². The number of nitrogens with zero attached hydrogens (tertiary/aromatic N) is 2. The third-order valence-electron chi connectivity index (χ3n) is 5.50. The normalized spacial score (nSPS) is 17.1. The standard InChI is InChI=1S/C24H26N2O3/c1-16(2)12-21-14-22(29-25-21)24(28)26-11-5-8-20(15-26)23(27)19-10-9-17-6-3-4-7-18(17)13-19/h3-4,6-7,9-10,13-14,16,20H,5,8,11-12,15H2,1-2H3/t20-/m0/s1. The van der Waals surface area contributed by atoms with Crippen LogP contribution in [0.2, 0.25) is 0 Å². The van der Waals surface area contributed by atoms with Gasteiger partial charge in [0.05, 0.1) is 5.69 Å². The van der Waals surface area contributed by atoms with Gasteiger partial charge in [0.1, 0.15) is 0 Å². The molecular formula is C24H26N2O3. The number of piperidine rings is 1. The SMILES string of the molecule is CC(C)Cc1cc(C(=O)N2CCC[C@H](C(=O)c3ccc4ccccc4c3)C2)on1. The van der Waals surface area contributed by atoms with Crippen LogP contribution in [0.1, 0.15) is 53.3 Å². The van der Waals surface area contributed by atoms with Crippen LogP contribution in [0.4, 0.5) is 0 Å². The maximum Gasteiger partial charge on any atom is 0.292 e. The number of aromatic nitrogens is 1. The van der Waals surface area contributed by atoms with E-state index in [2.05, 4.69) is 19.0 Å². The van der Waals surface area contributed by atoms with Crippen molar-refractivity contribution in [3.63, 3.8) is 0 Å². The topological polar surface area (TPSA) is 63.4 Å². The minimum atomic E-state index is -0.188. The molecule has 29 heavy (non-hydrogen) atoms. The molecule has 1 atom stereocenters. The third kappa shape index (κ3) is 4.24. The van der Waals surface area contributed by atoms with Crippen LogP contribution in [0.5, 0.6) is 0 Å². The number of hydrogen-bond acceptors (Lipinski definition) is 4. The first-order valence-electron chi connectivity index (χ1n) is 10.3. The van der Waals surface area contributed by atoms with Gasteiger partial charge in [-0.25, -0.2) is 0 Å². The summed E-state index contributed by atoms with van der Waals surface area (Å²) in [4.78, 5) is 27.7. The molecule has 0 unspecified atom stereocenters. The number of amides is 1. The smallest absolute Gasteiger partial charge is 0.292 e. The molecule has 5 nitrogen and oxygen atoms in total. The molecular weight excluding hydrogens is 364 g/mol. The van der Waals surface area contributed by atoms with E-state index >= 15 is 0 Å². The lowest BCUT2D eigenvalue weighted by Gasteiger charge is -2.31. The van der Waals surface area contributed by atoms with E-state index in [9.17, 15) is 9.59 Å². The number of rotatable bonds is 5. The minimum Gasteiger partial charge on any atom is -0.351 e. The predicted octanol–water partition coefficient (Wildman–Crippen LogP) is 4.76. The maximum absolute atomic E-state index is 13.1. The van der Waals surface area contributed by atoms with Crippen molar-refractivity contribution >= 4 is 22.5 Å². The molecule has 1 fully saturated rings. The average Bonchev–Trinajstić information content (AvgIpc) is 3.20. The predicted molar refractivity (Wildman–Crippen MR) is 112 cm³/mol. The molecule has 3 aromatic rings. The summed E-state index contributed by atoms with van der Waals surface area (Å²) in [6, 6.07) is 15.6. The molecule has 0 N–H and O–H groups in total. The molecule has 1 aromatic heterocycles. The molecule has 0 saturated carbocycles. The van der Waals surface area contributed by atoms with Gasteiger partial charge in [-0.15, -0.1) is 0 Å². The monoisotopic (exact) mass is 390 g/mol. The molecule has 1 saturated heterocycles. The van der Waals surface area contributed by atoms with Crippen molar-refractivity contribution < 1.29 is 14.1 Å². The second kappa shape index (κ2) is 8.19. The van der Waals surface area contributed by atoms with E-state index in [4.69, 9.17) is 4.52 Å². The van der Waals surface area contributed by atoms with Gasteiger partial charge in [0.2, 0.25) is 5.76 Å². The number of likely N-dealkylation sites (tertiary alicyclic amines) is 1. The van der Waals surface area contributed by atoms with Gasteiger partial charge in [-0.3, -0.25) is 9.59 Å². The lowest BCUT2D eigenvalue weighted by molar-refractivity contribution is 0.0602. The minimum absolute atomic E-state index is 0.103. The van der Waals surface area contributed by atoms with Gasteiger partial charge in [-0.2, -0.15) is 0 Å². The van der Waals surface area contributed by atoms with Gasteiger partial charge in [0.15, 0.2) is 5.78 Å². The van der Waals surface area contributed by atoms with E-state index in [1.54, 1.807) is 11.0 Å². The fourth-order valence-electron chi connectivity index (χ4n) is 4.04. The van der Waals surface area contributed by atoms with E-state index in [1.807, 2.05) is 42.5 Å². The quantitative estimate of drug-likeness (QED) is 0.589. The summed E-state index contributed by atoms with van der Waals surface area (Å²) in [5.74, 6) is 0.447. The number of Topliss-reactive ketones (excluding diaryl/α,β-unsaturated/α-hetero) is 1. The number of ketones is 1. The Bertz CT molecular complexity index is 1040. The molecule has 2 heterocycles. The molecule has 0 radical (unpaired) electrons. The summed E-state index contributed by atoms with van der Waals surface area (Å²) in [6.45, 7) is 5.26. The van der Waals surface area contributed by atoms with E-state index in [1.165, 1.54) is 0 Å². The molecule has 0 aliphatic carbocycles. The zero-order valence-electron chi connectivity index (χ0n) is 16.9. The molecule has 1 aliphatic heterocycles. The Balaban J connectivity index is 1.47. The Morgan fingerprint density at radius 2 is 1.93 bits per heavy atom. The van der Waals surface area contributed by atoms with Gasteiger partial charge in [0.25, 0.3) is 5.91 Å². The van der Waals surface area contributed by atoms with Crippen LogP contribution in [0.3, 0.4) is 0 Å². The highest BCUT2D eigenvalue weighted by atomic mass is 16.5. The summed E-state index contributed by atoms with van der Waals surface area (Å²) in [5, 5.41) is 6.19. The summed E-state index contributed by atoms with van der Waals surface area (Å²) in [6.07, 6.45) is 2.38. The fourth-order valence-corrected chi connectivity index (χ4v) is 4.04. The molecule has 1 aliphatic rings. The molecule has 4 rings (SSSR count). The molecule has 2 aromatic carbocycles. The zero-order chi connectivity index (χ0) is 20.4. The van der Waals surface area contributed by atoms with Crippen molar-refractivity contribution in [2.75, 3.05) is 13.1 Å². The Morgan fingerprint density at radius 3 is 2.72 bits per heavy atom. The van der Waals surface area contributed by atoms with Gasteiger partial charge < -0.3 is 9.42 Å². The Hall–Kier alpha value is -2.95. The zero-order valence-corrected chi connectivity index (χ0v) is 16.9. The second-order valence-electron chi connectivity index (χ2n) is 8.30. The summed E-state index contributed by atoms with van der Waals surface area (Å²) in [7, 11) is 0. The van der Waals surface area contributed by atoms with Crippen LogP contribution in [-0.4, -0.2) is 34.8 Å². The first-order chi connectivity index (χ1) is 14.0. The van der Waals surface area contributed by atoms with Crippen LogP contribution in [0.25, 0.3) is 10.8 Å². The average molecular weight is 390 g/mol. The molecule has 1 amide bonds. The number of benzene rings is 2. The largest absolute Gasteiger partial charge is 0.351 e. The highest BCUT2D eigenvalue weighted by Gasteiger charge is 2.31. The molecule has 0 spiro atoms. The van der Waals surface area contributed by atoms with Gasteiger partial charge in [0, 0.05) is 30.6 Å². The van der Waals surface area contributed by atoms with Crippen molar-refractivity contribution in [1.82, 2.24) is 10.1 Å². The van der Waals surface area contributed by atoms with Crippen LogP contribution in [0.15, 0.2) is 53.1 Å². The number of fused-ring (bicyclic) bond motifs is 1. The first-order valence-corrected chi connectivity index (χ1v) is 10.3. The van der Waals surface area contributed by atoms with E-state index < -0.39 is 0 Å². The Labute approximate surface area is 170 Å². The molecule has 0 bridgehead atoms. The van der Waals surface area contributed by atoms with Crippen LogP contribution < -0.4 is 0 Å². The lowest BCUT2D eigenvalue weighted by Crippen LogP contribution is -2.42. The van der Waals surface area contributed by atoms with Crippen LogP contribution in [0, 0.1) is 11.8 Å². The molecule has 150 valence electrons. The van der Waals surface area contributed by atoms with Crippen molar-refractivity contribution in [3.05, 3.63) is 65.5 Å². The fraction of sp³-hybridized carbons (Fsp3) is 0.375. The number of carbonyl (C=O) groups is 2. The van der Waals surface area contributed by atoms with Crippen LogP contribution >= 0.6 is 0 Å². The number of carbonyl (C=O) groups excluding carboxylic acids is 2. The highest BCUT2D eigenvalue weighted by molar-refractivity contribution is 6.02. The summed E-state index contributed by atoms with van der Waals surface area (Å²) >= 11 is 0. The lowest BCUT2D eigenvalue weighted by atomic mass is 9.89.